The normalized spacial score (nSPS) is 11.8. The second kappa shape index (κ2) is 9.89. The summed E-state index contributed by atoms with van der Waals surface area (Å²) in [6, 6.07) is 49.6. The molecule has 0 aliphatic heterocycles. The highest BCUT2D eigenvalue weighted by molar-refractivity contribution is 7.26. The predicted molar refractivity (Wildman–Crippen MR) is 196 cm³/mol. The number of hydrogen-bond acceptors (Lipinski definition) is 3. The molecule has 0 radical (unpaired) electrons. The summed E-state index contributed by atoms with van der Waals surface area (Å²) < 4.78 is 7.26. The zero-order valence-electron chi connectivity index (χ0n) is 25.1. The van der Waals surface area contributed by atoms with Crippen LogP contribution in [0.3, 0.4) is 0 Å². The molecule has 0 N–H and O–H groups in total. The van der Waals surface area contributed by atoms with Gasteiger partial charge in [-0.3, -0.25) is 4.98 Å². The Morgan fingerprint density at radius 1 is 0.511 bits per heavy atom. The Kier molecular flexibility index (Phi) is 5.48. The lowest BCUT2D eigenvalue weighted by molar-refractivity contribution is 1.16. The highest BCUT2D eigenvalue weighted by Crippen LogP contribution is 2.43. The van der Waals surface area contributed by atoms with Crippen LogP contribution in [0.1, 0.15) is 5.56 Å². The average molecular weight is 617 g/mol. The molecule has 0 amide bonds. The summed E-state index contributed by atoms with van der Waals surface area (Å²) in [6.07, 6.45) is 3.89. The lowest BCUT2D eigenvalue weighted by atomic mass is 10.0. The number of rotatable bonds is 3. The average Bonchev–Trinajstić information content (AvgIpc) is 3.79. The van der Waals surface area contributed by atoms with Crippen molar-refractivity contribution in [3.8, 4) is 28.6 Å². The van der Waals surface area contributed by atoms with E-state index in [1.807, 2.05) is 35.9 Å². The van der Waals surface area contributed by atoms with E-state index < -0.39 is 0 Å². The summed E-state index contributed by atoms with van der Waals surface area (Å²) in [6.45, 7) is 0. The number of hydrogen-bond donors (Lipinski definition) is 0. The Balaban J connectivity index is 1.17. The van der Waals surface area contributed by atoms with Gasteiger partial charge in [0.2, 0.25) is 0 Å². The zero-order chi connectivity index (χ0) is 31.1. The van der Waals surface area contributed by atoms with Crippen LogP contribution in [0, 0.1) is 11.3 Å². The van der Waals surface area contributed by atoms with Crippen molar-refractivity contribution in [1.29, 1.82) is 5.26 Å². The van der Waals surface area contributed by atoms with E-state index in [0.29, 0.717) is 5.56 Å². The lowest BCUT2D eigenvalue weighted by Crippen LogP contribution is -1.96. The predicted octanol–water partition coefficient (Wildman–Crippen LogP) is 11.2. The number of benzene rings is 6. The van der Waals surface area contributed by atoms with Crippen LogP contribution >= 0.6 is 11.3 Å². The fourth-order valence-electron chi connectivity index (χ4n) is 7.42. The van der Waals surface area contributed by atoms with Crippen molar-refractivity contribution < 1.29 is 0 Å². The Bertz CT molecular complexity index is 2930. The van der Waals surface area contributed by atoms with Gasteiger partial charge in [-0.25, -0.2) is 0 Å². The number of aromatic nitrogens is 3. The summed E-state index contributed by atoms with van der Waals surface area (Å²) in [5, 5.41) is 16.9. The first-order chi connectivity index (χ1) is 23.3. The van der Waals surface area contributed by atoms with Gasteiger partial charge < -0.3 is 9.13 Å². The first-order valence-corrected chi connectivity index (χ1v) is 16.4. The maximum Gasteiger partial charge on any atom is 0.0991 e. The molecule has 0 unspecified atom stereocenters. The zero-order valence-corrected chi connectivity index (χ0v) is 25.9. The van der Waals surface area contributed by atoms with Crippen LogP contribution in [-0.2, 0) is 0 Å². The van der Waals surface area contributed by atoms with Gasteiger partial charge in [0.1, 0.15) is 0 Å². The van der Waals surface area contributed by atoms with Gasteiger partial charge in [0, 0.05) is 59.3 Å². The van der Waals surface area contributed by atoms with Crippen LogP contribution in [0.15, 0.2) is 146 Å². The summed E-state index contributed by atoms with van der Waals surface area (Å²) in [5.74, 6) is 0. The van der Waals surface area contributed by atoms with Crippen LogP contribution in [-0.4, -0.2) is 14.1 Å². The molecule has 10 rings (SSSR count). The number of pyridine rings is 1. The number of nitriles is 1. The molecule has 0 atom stereocenters. The van der Waals surface area contributed by atoms with E-state index in [-0.39, 0.29) is 0 Å². The fourth-order valence-corrected chi connectivity index (χ4v) is 8.53. The molecule has 0 aliphatic carbocycles. The molecule has 47 heavy (non-hydrogen) atoms. The van der Waals surface area contributed by atoms with E-state index >= 15 is 0 Å². The van der Waals surface area contributed by atoms with Crippen molar-refractivity contribution in [3.05, 3.63) is 151 Å². The lowest BCUT2D eigenvalue weighted by Gasteiger charge is -2.12. The van der Waals surface area contributed by atoms with Gasteiger partial charge in [-0.1, -0.05) is 60.7 Å². The van der Waals surface area contributed by atoms with Crippen molar-refractivity contribution in [2.45, 2.75) is 0 Å². The van der Waals surface area contributed by atoms with Crippen molar-refractivity contribution >= 4 is 75.1 Å². The minimum atomic E-state index is 0.666. The van der Waals surface area contributed by atoms with Crippen LogP contribution in [0.4, 0.5) is 0 Å². The molecule has 0 bridgehead atoms. The largest absolute Gasteiger partial charge is 0.309 e. The van der Waals surface area contributed by atoms with Gasteiger partial charge in [-0.05, 0) is 83.9 Å². The summed E-state index contributed by atoms with van der Waals surface area (Å²) >= 11 is 1.85. The molecule has 4 aromatic heterocycles. The minimum Gasteiger partial charge on any atom is -0.309 e. The van der Waals surface area contributed by atoms with E-state index in [4.69, 9.17) is 0 Å². The standard InChI is InChI=1S/C42H24N4S/c43-24-26-15-16-36-34(21-26)31-11-1-3-13-35(31)45(36)29-9-5-7-27(22-29)28-8-6-10-30(23-28)46-37-17-18-40-42(33-12-2-4-14-39(33)47-40)41(37)32-19-20-44-25-38(32)46/h1-23,25H. The Hall–Kier alpha value is -6.22. The number of para-hydroxylation sites is 1. The smallest absolute Gasteiger partial charge is 0.0991 e. The summed E-state index contributed by atoms with van der Waals surface area (Å²) in [4.78, 5) is 4.57. The number of thiophene rings is 1. The first kappa shape index (κ1) is 26.0. The first-order valence-electron chi connectivity index (χ1n) is 15.6. The van der Waals surface area contributed by atoms with Crippen molar-refractivity contribution in [3.63, 3.8) is 0 Å². The van der Waals surface area contributed by atoms with Gasteiger partial charge in [0.25, 0.3) is 0 Å². The van der Waals surface area contributed by atoms with Crippen LogP contribution < -0.4 is 0 Å². The molecular formula is C42H24N4S. The molecule has 4 heterocycles. The van der Waals surface area contributed by atoms with Gasteiger partial charge in [-0.2, -0.15) is 5.26 Å². The molecule has 0 aliphatic rings. The van der Waals surface area contributed by atoms with Gasteiger partial charge in [0.15, 0.2) is 0 Å². The quantitative estimate of drug-likeness (QED) is 0.198. The van der Waals surface area contributed by atoms with E-state index in [9.17, 15) is 5.26 Å². The molecule has 10 aromatic rings. The maximum absolute atomic E-state index is 9.58. The molecule has 0 saturated heterocycles. The van der Waals surface area contributed by atoms with E-state index in [1.54, 1.807) is 0 Å². The van der Waals surface area contributed by atoms with Crippen molar-refractivity contribution in [2.24, 2.45) is 0 Å². The molecule has 218 valence electrons. The number of fused-ring (bicyclic) bond motifs is 10. The Labute approximate surface area is 273 Å². The molecule has 6 aromatic carbocycles. The van der Waals surface area contributed by atoms with Crippen molar-refractivity contribution in [1.82, 2.24) is 14.1 Å². The van der Waals surface area contributed by atoms with Crippen LogP contribution in [0.5, 0.6) is 0 Å². The molecule has 5 heteroatoms. The van der Waals surface area contributed by atoms with E-state index in [1.165, 1.54) is 36.5 Å². The van der Waals surface area contributed by atoms with Gasteiger partial charge >= 0.3 is 0 Å². The molecule has 0 fully saturated rings. The molecule has 4 nitrogen and oxygen atoms in total. The highest BCUT2D eigenvalue weighted by Gasteiger charge is 2.18. The third kappa shape index (κ3) is 3.77. The fraction of sp³-hybridized carbons (Fsp3) is 0. The topological polar surface area (TPSA) is 46.5 Å². The maximum atomic E-state index is 9.58. The van der Waals surface area contributed by atoms with Gasteiger partial charge in [0.05, 0.1) is 39.9 Å². The second-order valence-corrected chi connectivity index (χ2v) is 13.0. The third-order valence-corrected chi connectivity index (χ3v) is 10.6. The molecule has 0 spiro atoms. The molecular weight excluding hydrogens is 593 g/mol. The Morgan fingerprint density at radius 2 is 1.21 bits per heavy atom. The van der Waals surface area contributed by atoms with E-state index in [2.05, 4.69) is 142 Å². The summed E-state index contributed by atoms with van der Waals surface area (Å²) in [7, 11) is 0. The highest BCUT2D eigenvalue weighted by atomic mass is 32.1. The summed E-state index contributed by atoms with van der Waals surface area (Å²) in [5.41, 5.74) is 9.59. The second-order valence-electron chi connectivity index (χ2n) is 12.0. The third-order valence-electron chi connectivity index (χ3n) is 9.42. The van der Waals surface area contributed by atoms with Gasteiger partial charge in [-0.15, -0.1) is 11.3 Å². The number of nitrogens with zero attached hydrogens (tertiary/aromatic N) is 4. The Morgan fingerprint density at radius 3 is 2.02 bits per heavy atom. The minimum absolute atomic E-state index is 0.666. The van der Waals surface area contributed by atoms with E-state index in [0.717, 1.165) is 49.8 Å². The SMILES string of the molecule is N#Cc1ccc2c(c1)c1ccccc1n2-c1cccc(-c2cccc(-n3c4cnccc4c4c5c(ccc43)sc3ccccc35)c2)c1. The van der Waals surface area contributed by atoms with Crippen LogP contribution in [0.25, 0.3) is 86.3 Å². The monoisotopic (exact) mass is 616 g/mol. The van der Waals surface area contributed by atoms with Crippen LogP contribution in [0.2, 0.25) is 0 Å². The van der Waals surface area contributed by atoms with Crippen molar-refractivity contribution in [2.75, 3.05) is 0 Å². The molecule has 0 saturated carbocycles.